The van der Waals surface area contributed by atoms with Crippen molar-refractivity contribution in [2.75, 3.05) is 20.8 Å². The van der Waals surface area contributed by atoms with Crippen LogP contribution < -0.4 is 4.74 Å². The molecule has 1 saturated heterocycles. The van der Waals surface area contributed by atoms with Gasteiger partial charge in [-0.15, -0.1) is 0 Å². The zero-order valence-corrected chi connectivity index (χ0v) is 22.5. The highest BCUT2D eigenvalue weighted by molar-refractivity contribution is 5.91. The zero-order chi connectivity index (χ0) is 30.1. The van der Waals surface area contributed by atoms with Gasteiger partial charge >= 0.3 is 11.9 Å². The van der Waals surface area contributed by atoms with Crippen LogP contribution in [0.25, 0.3) is 6.08 Å². The maximum absolute atomic E-state index is 12.7. The summed E-state index contributed by atoms with van der Waals surface area (Å²) in [6, 6.07) is 6.81. The predicted octanol–water partition coefficient (Wildman–Crippen LogP) is -1.65. The van der Waals surface area contributed by atoms with E-state index in [0.717, 1.165) is 19.4 Å². The Kier molecular flexibility index (Phi) is 9.06. The second-order valence-corrected chi connectivity index (χ2v) is 10.2. The lowest BCUT2D eigenvalue weighted by Gasteiger charge is -2.46. The standard InChI is InChI=1S/C27H34O14/c1-26(34)17(40-18(29)9-6-13-4-7-14(36-2)8-5-13)10-27(35)15(23(33)37-3)12-38-25(22(26)27)41-24-21(32)20(31)19(30)16(11-28)39-24/h4-9,12,16-17,19-22,24-25,28,30-32,34-35H,10-11H2,1-3H3/b9-6+/t16-,17+,19-,20+,21-,22-,24+,25?,26+,27+/m1/s1. The highest BCUT2D eigenvalue weighted by Gasteiger charge is 2.69. The topological polar surface area (TPSA) is 211 Å². The van der Waals surface area contributed by atoms with Gasteiger partial charge in [0.1, 0.15) is 53.0 Å². The van der Waals surface area contributed by atoms with Gasteiger partial charge < -0.3 is 59.1 Å². The average Bonchev–Trinajstić information content (AvgIpc) is 3.16. The highest BCUT2D eigenvalue weighted by atomic mass is 16.8. The molecule has 3 aliphatic rings. The fraction of sp³-hybridized carbons (Fsp3) is 0.556. The van der Waals surface area contributed by atoms with Crippen LogP contribution in [0.1, 0.15) is 18.9 Å². The monoisotopic (exact) mass is 582 g/mol. The van der Waals surface area contributed by atoms with Crippen LogP contribution in [0.5, 0.6) is 5.75 Å². The Labute approximate surface area is 234 Å². The van der Waals surface area contributed by atoms with E-state index in [1.54, 1.807) is 24.3 Å². The summed E-state index contributed by atoms with van der Waals surface area (Å²) in [5.74, 6) is -2.74. The van der Waals surface area contributed by atoms with E-state index in [9.17, 15) is 40.2 Å². The number of methoxy groups -OCH3 is 2. The van der Waals surface area contributed by atoms with E-state index in [-0.39, 0.29) is 5.57 Å². The van der Waals surface area contributed by atoms with Gasteiger partial charge in [0.15, 0.2) is 6.29 Å². The summed E-state index contributed by atoms with van der Waals surface area (Å²) in [4.78, 5) is 25.3. The van der Waals surface area contributed by atoms with Gasteiger partial charge in [-0.25, -0.2) is 9.59 Å². The fourth-order valence-corrected chi connectivity index (χ4v) is 5.37. The van der Waals surface area contributed by atoms with Crippen molar-refractivity contribution in [1.29, 1.82) is 0 Å². The van der Waals surface area contributed by atoms with E-state index in [2.05, 4.69) is 0 Å². The molecule has 41 heavy (non-hydrogen) atoms. The van der Waals surface area contributed by atoms with E-state index in [1.807, 2.05) is 0 Å². The normalized spacial score (nSPS) is 38.5. The fourth-order valence-electron chi connectivity index (χ4n) is 5.37. The molecule has 0 bridgehead atoms. The number of fused-ring (bicyclic) bond motifs is 1. The van der Waals surface area contributed by atoms with Crippen molar-refractivity contribution in [3.05, 3.63) is 47.7 Å². The summed E-state index contributed by atoms with van der Waals surface area (Å²) in [5, 5.41) is 63.4. The summed E-state index contributed by atoms with van der Waals surface area (Å²) in [5.41, 5.74) is -4.03. The molecule has 10 atom stereocenters. The Balaban J connectivity index is 1.58. The molecule has 14 nitrogen and oxygen atoms in total. The minimum absolute atomic E-state index is 0.383. The Bertz CT molecular complexity index is 1160. The molecule has 14 heteroatoms. The number of hydrogen-bond donors (Lipinski definition) is 6. The highest BCUT2D eigenvalue weighted by Crippen LogP contribution is 2.53. The Morgan fingerprint density at radius 3 is 2.34 bits per heavy atom. The number of carbonyl (C=O) groups is 2. The molecule has 1 aromatic carbocycles. The minimum Gasteiger partial charge on any atom is -0.497 e. The number of benzene rings is 1. The van der Waals surface area contributed by atoms with Crippen LogP contribution in [-0.4, -0.2) is 118 Å². The van der Waals surface area contributed by atoms with Crippen LogP contribution in [0.3, 0.4) is 0 Å². The third kappa shape index (κ3) is 5.82. The number of esters is 2. The molecule has 2 heterocycles. The molecule has 1 unspecified atom stereocenters. The van der Waals surface area contributed by atoms with Crippen LogP contribution in [0.2, 0.25) is 0 Å². The zero-order valence-electron chi connectivity index (χ0n) is 22.5. The summed E-state index contributed by atoms with van der Waals surface area (Å²) < 4.78 is 31.9. The van der Waals surface area contributed by atoms with Crippen molar-refractivity contribution in [3.8, 4) is 5.75 Å². The molecule has 0 aromatic heterocycles. The van der Waals surface area contributed by atoms with Crippen LogP contribution >= 0.6 is 0 Å². The number of aliphatic hydroxyl groups is 6. The van der Waals surface area contributed by atoms with Gasteiger partial charge in [-0.3, -0.25) is 0 Å². The number of ether oxygens (including phenoxy) is 6. The average molecular weight is 583 g/mol. The van der Waals surface area contributed by atoms with E-state index in [4.69, 9.17) is 28.4 Å². The first-order valence-corrected chi connectivity index (χ1v) is 12.7. The Morgan fingerprint density at radius 1 is 1.05 bits per heavy atom. The lowest BCUT2D eigenvalue weighted by atomic mass is 9.77. The predicted molar refractivity (Wildman–Crippen MR) is 135 cm³/mol. The summed E-state index contributed by atoms with van der Waals surface area (Å²) in [7, 11) is 2.60. The molecule has 2 fully saturated rings. The number of aliphatic hydroxyl groups excluding tert-OH is 4. The second kappa shape index (κ2) is 12.0. The molecule has 1 aromatic rings. The molecule has 2 aliphatic heterocycles. The first kappa shape index (κ1) is 30.9. The van der Waals surface area contributed by atoms with Gasteiger partial charge in [0.2, 0.25) is 6.29 Å². The van der Waals surface area contributed by atoms with Gasteiger partial charge in [0.25, 0.3) is 0 Å². The van der Waals surface area contributed by atoms with Gasteiger partial charge in [0, 0.05) is 12.5 Å². The molecule has 4 rings (SSSR count). The molecule has 1 saturated carbocycles. The first-order chi connectivity index (χ1) is 19.4. The summed E-state index contributed by atoms with van der Waals surface area (Å²) in [6.45, 7) is 0.518. The number of rotatable bonds is 8. The quantitative estimate of drug-likeness (QED) is 0.150. The first-order valence-electron chi connectivity index (χ1n) is 12.7. The van der Waals surface area contributed by atoms with Crippen LogP contribution in [0.4, 0.5) is 0 Å². The van der Waals surface area contributed by atoms with Gasteiger partial charge in [0.05, 0.1) is 33.0 Å². The molecule has 6 N–H and O–H groups in total. The molecule has 0 amide bonds. The maximum atomic E-state index is 12.7. The smallest absolute Gasteiger partial charge is 0.339 e. The third-order valence-electron chi connectivity index (χ3n) is 7.66. The lowest BCUT2D eigenvalue weighted by molar-refractivity contribution is -0.352. The Morgan fingerprint density at radius 2 is 1.73 bits per heavy atom. The second-order valence-electron chi connectivity index (χ2n) is 10.2. The maximum Gasteiger partial charge on any atom is 0.339 e. The van der Waals surface area contributed by atoms with Gasteiger partial charge in [-0.1, -0.05) is 12.1 Å². The summed E-state index contributed by atoms with van der Waals surface area (Å²) >= 11 is 0. The molecular weight excluding hydrogens is 548 g/mol. The van der Waals surface area contributed by atoms with Gasteiger partial charge in [-0.05, 0) is 30.7 Å². The molecule has 0 radical (unpaired) electrons. The van der Waals surface area contributed by atoms with E-state index >= 15 is 0 Å². The van der Waals surface area contributed by atoms with Crippen molar-refractivity contribution in [2.45, 2.75) is 67.6 Å². The summed E-state index contributed by atoms with van der Waals surface area (Å²) in [6.07, 6.45) is -8.29. The molecular formula is C27H34O14. The van der Waals surface area contributed by atoms with E-state index < -0.39 is 85.2 Å². The molecule has 0 spiro atoms. The van der Waals surface area contributed by atoms with Crippen LogP contribution in [0, 0.1) is 5.92 Å². The van der Waals surface area contributed by atoms with Crippen molar-refractivity contribution in [1.82, 2.24) is 0 Å². The molecule has 226 valence electrons. The third-order valence-corrected chi connectivity index (χ3v) is 7.66. The van der Waals surface area contributed by atoms with Crippen molar-refractivity contribution < 1.29 is 68.6 Å². The van der Waals surface area contributed by atoms with Gasteiger partial charge in [-0.2, -0.15) is 0 Å². The molecule has 1 aliphatic carbocycles. The van der Waals surface area contributed by atoms with Crippen molar-refractivity contribution in [3.63, 3.8) is 0 Å². The van der Waals surface area contributed by atoms with E-state index in [1.165, 1.54) is 20.1 Å². The van der Waals surface area contributed by atoms with Crippen molar-refractivity contribution in [2.24, 2.45) is 5.92 Å². The van der Waals surface area contributed by atoms with Crippen molar-refractivity contribution >= 4 is 18.0 Å². The van der Waals surface area contributed by atoms with Crippen LogP contribution in [0.15, 0.2) is 42.2 Å². The number of hydrogen-bond acceptors (Lipinski definition) is 14. The Hall–Kier alpha value is -3.08. The van der Waals surface area contributed by atoms with Crippen LogP contribution in [-0.2, 0) is 33.3 Å². The largest absolute Gasteiger partial charge is 0.497 e. The SMILES string of the molecule is COC(=O)C1=COC(O[C@@H]2O[C@H](CO)[C@@H](O)[C@H](O)[C@H]2O)[C@@H]2[C@@](C)(O)[C@@H](OC(=O)/C=C/c3ccc(OC)cc3)C[C@]12O. The van der Waals surface area contributed by atoms with E-state index in [0.29, 0.717) is 11.3 Å². The minimum atomic E-state index is -2.21. The lowest BCUT2D eigenvalue weighted by Crippen LogP contribution is -2.62. The number of carbonyl (C=O) groups excluding carboxylic acids is 2.